The predicted octanol–water partition coefficient (Wildman–Crippen LogP) is 8.32. The number of para-hydroxylation sites is 1. The Kier molecular flexibility index (Phi) is 8.51. The Balaban J connectivity index is 1.77. The van der Waals surface area contributed by atoms with E-state index in [1.54, 1.807) is 6.92 Å². The first-order valence-corrected chi connectivity index (χ1v) is 13.9. The minimum absolute atomic E-state index is 0.0195. The fourth-order valence-electron chi connectivity index (χ4n) is 5.23. The fourth-order valence-corrected chi connectivity index (χ4v) is 5.23. The van der Waals surface area contributed by atoms with Crippen molar-refractivity contribution in [2.24, 2.45) is 0 Å². The van der Waals surface area contributed by atoms with Gasteiger partial charge in [0.1, 0.15) is 0 Å². The molecule has 0 aliphatic carbocycles. The Morgan fingerprint density at radius 3 is 2.08 bits per heavy atom. The van der Waals surface area contributed by atoms with E-state index in [4.69, 9.17) is 0 Å². The van der Waals surface area contributed by atoms with Crippen LogP contribution in [0.15, 0.2) is 77.7 Å². The molecule has 198 valence electrons. The summed E-state index contributed by atoms with van der Waals surface area (Å²) in [7, 11) is 0. The number of rotatable bonds is 10. The van der Waals surface area contributed by atoms with E-state index < -0.39 is 0 Å². The van der Waals surface area contributed by atoms with Crippen LogP contribution < -0.4 is 5.69 Å². The van der Waals surface area contributed by atoms with Gasteiger partial charge in [0, 0.05) is 11.9 Å². The van der Waals surface area contributed by atoms with Crippen molar-refractivity contribution in [2.75, 3.05) is 0 Å². The molecule has 0 fully saturated rings. The lowest BCUT2D eigenvalue weighted by atomic mass is 9.92. The highest BCUT2D eigenvalue weighted by Crippen LogP contribution is 2.31. The lowest BCUT2D eigenvalue weighted by Crippen LogP contribution is -2.26. The molecule has 0 bridgehead atoms. The number of imidazole rings is 1. The van der Waals surface area contributed by atoms with Crippen molar-refractivity contribution >= 4 is 5.71 Å². The first kappa shape index (κ1) is 27.4. The van der Waals surface area contributed by atoms with Gasteiger partial charge in [-0.15, -0.1) is 0 Å². The topological polar surface area (TPSA) is 49.2 Å². The monoisotopic (exact) mass is 506 g/mol. The van der Waals surface area contributed by atoms with Gasteiger partial charge in [0.2, 0.25) is 0 Å². The van der Waals surface area contributed by atoms with Crippen LogP contribution in [0.25, 0.3) is 22.2 Å². The van der Waals surface area contributed by atoms with Gasteiger partial charge in [-0.05, 0) is 58.1 Å². The lowest BCUT2D eigenvalue weighted by Gasteiger charge is -2.19. The van der Waals surface area contributed by atoms with Gasteiger partial charge in [-0.1, -0.05) is 115 Å². The Hall–Kier alpha value is -3.66. The summed E-state index contributed by atoms with van der Waals surface area (Å²) < 4.78 is 3.85. The maximum Gasteiger partial charge on any atom is 0.333 e. The third-order valence-corrected chi connectivity index (χ3v) is 7.35. The molecule has 0 saturated carbocycles. The number of nitrogens with zero attached hydrogens (tertiary/aromatic N) is 3. The average Bonchev–Trinajstić information content (AvgIpc) is 3.21. The van der Waals surface area contributed by atoms with Gasteiger partial charge in [0.25, 0.3) is 0 Å². The summed E-state index contributed by atoms with van der Waals surface area (Å²) in [6.45, 7) is 13.2. The van der Waals surface area contributed by atoms with Gasteiger partial charge < -0.3 is 5.41 Å². The van der Waals surface area contributed by atoms with Gasteiger partial charge in [-0.3, -0.25) is 9.13 Å². The second kappa shape index (κ2) is 11.8. The number of unbranched alkanes of at least 4 members (excludes halogenated alkanes) is 1. The maximum absolute atomic E-state index is 14.0. The van der Waals surface area contributed by atoms with Crippen molar-refractivity contribution in [3.63, 3.8) is 0 Å². The zero-order chi connectivity index (χ0) is 27.4. The molecule has 0 aliphatic rings. The van der Waals surface area contributed by atoms with Crippen LogP contribution in [-0.4, -0.2) is 14.8 Å². The van der Waals surface area contributed by atoms with Gasteiger partial charge in [-0.25, -0.2) is 4.79 Å². The number of benzene rings is 3. The van der Waals surface area contributed by atoms with Crippen molar-refractivity contribution in [1.82, 2.24) is 9.13 Å². The standard InChI is InChI=1S/C34H40N3O/c1-7-8-12-28-22-37(33-29(23(2)3)15-11-16-30(33)24(4)5)34(38)36(28)21-26-17-19-27(20-18-26)32-14-10-9-13-31(32)25(6)35/h9-11,13-20,22-24H,7-8,12,21H2,1-6H3/q-1. The van der Waals surface area contributed by atoms with Crippen molar-refractivity contribution in [2.45, 2.75) is 79.2 Å². The molecule has 0 radical (unpaired) electrons. The van der Waals surface area contributed by atoms with Crippen LogP contribution in [0.3, 0.4) is 0 Å². The largest absolute Gasteiger partial charge is 0.807 e. The summed E-state index contributed by atoms with van der Waals surface area (Å²) in [5.74, 6) is 0.626. The van der Waals surface area contributed by atoms with Gasteiger partial charge in [-0.2, -0.15) is 5.71 Å². The van der Waals surface area contributed by atoms with Crippen LogP contribution in [0.4, 0.5) is 0 Å². The van der Waals surface area contributed by atoms with Crippen LogP contribution >= 0.6 is 0 Å². The van der Waals surface area contributed by atoms with Crippen molar-refractivity contribution in [1.29, 1.82) is 0 Å². The molecule has 0 amide bonds. The second-order valence-corrected chi connectivity index (χ2v) is 10.9. The maximum atomic E-state index is 14.0. The van der Waals surface area contributed by atoms with E-state index in [0.29, 0.717) is 24.1 Å². The Labute approximate surface area is 227 Å². The first-order chi connectivity index (χ1) is 18.2. The first-order valence-electron chi connectivity index (χ1n) is 13.9. The van der Waals surface area contributed by atoms with E-state index in [2.05, 4.69) is 83.3 Å². The van der Waals surface area contributed by atoms with E-state index in [-0.39, 0.29) is 5.69 Å². The van der Waals surface area contributed by atoms with Crippen LogP contribution in [0.5, 0.6) is 0 Å². The highest BCUT2D eigenvalue weighted by molar-refractivity contribution is 6.06. The van der Waals surface area contributed by atoms with Crippen LogP contribution in [0.1, 0.15) is 94.2 Å². The molecule has 1 heterocycles. The minimum atomic E-state index is 0.0195. The molecule has 4 rings (SSSR count). The van der Waals surface area contributed by atoms with E-state index >= 15 is 0 Å². The molecule has 0 unspecified atom stereocenters. The SMILES string of the molecule is CCCCc1cn(-c2c(C(C)C)cccc2C(C)C)c(=O)n1Cc1ccc(-c2ccccc2C(C)=[N-])cc1. The minimum Gasteiger partial charge on any atom is -0.807 e. The second-order valence-electron chi connectivity index (χ2n) is 10.9. The number of aryl methyl sites for hydroxylation is 1. The highest BCUT2D eigenvalue weighted by Gasteiger charge is 2.20. The number of aromatic nitrogens is 2. The van der Waals surface area contributed by atoms with E-state index in [0.717, 1.165) is 52.9 Å². The summed E-state index contributed by atoms with van der Waals surface area (Å²) in [4.78, 5) is 14.0. The predicted molar refractivity (Wildman–Crippen MR) is 161 cm³/mol. The molecule has 0 aliphatic heterocycles. The molecular weight excluding hydrogens is 466 g/mol. The van der Waals surface area contributed by atoms with Crippen LogP contribution in [0.2, 0.25) is 0 Å². The van der Waals surface area contributed by atoms with Crippen molar-refractivity contribution in [3.8, 4) is 16.8 Å². The van der Waals surface area contributed by atoms with Gasteiger partial charge in [0.05, 0.1) is 12.2 Å². The molecular formula is C34H40N3O-. The molecule has 0 spiro atoms. The molecule has 4 heteroatoms. The summed E-state index contributed by atoms with van der Waals surface area (Å²) in [5, 5.41) is 10.1. The number of hydrogen-bond donors (Lipinski definition) is 0. The van der Waals surface area contributed by atoms with Crippen molar-refractivity contribution in [3.05, 3.63) is 117 Å². The van der Waals surface area contributed by atoms with E-state index in [9.17, 15) is 10.2 Å². The van der Waals surface area contributed by atoms with E-state index in [1.165, 1.54) is 11.1 Å². The quantitative estimate of drug-likeness (QED) is 0.199. The van der Waals surface area contributed by atoms with Crippen LogP contribution in [0, 0.1) is 0 Å². The molecule has 0 saturated heterocycles. The summed E-state index contributed by atoms with van der Waals surface area (Å²) >= 11 is 0. The summed E-state index contributed by atoms with van der Waals surface area (Å²) in [6, 6.07) is 22.6. The Morgan fingerprint density at radius 2 is 1.50 bits per heavy atom. The third-order valence-electron chi connectivity index (χ3n) is 7.35. The molecule has 4 nitrogen and oxygen atoms in total. The van der Waals surface area contributed by atoms with Crippen LogP contribution in [-0.2, 0) is 13.0 Å². The highest BCUT2D eigenvalue weighted by atomic mass is 16.1. The zero-order valence-corrected chi connectivity index (χ0v) is 23.7. The molecule has 4 aromatic rings. The van der Waals surface area contributed by atoms with Crippen molar-refractivity contribution < 1.29 is 0 Å². The average molecular weight is 507 g/mol. The molecule has 0 atom stereocenters. The zero-order valence-electron chi connectivity index (χ0n) is 23.7. The Morgan fingerprint density at radius 1 is 0.868 bits per heavy atom. The normalized spacial score (nSPS) is 11.5. The third kappa shape index (κ3) is 5.60. The molecule has 3 aromatic carbocycles. The lowest BCUT2D eigenvalue weighted by molar-refractivity contribution is 0.672. The molecule has 38 heavy (non-hydrogen) atoms. The molecule has 1 aromatic heterocycles. The summed E-state index contributed by atoms with van der Waals surface area (Å²) in [6.07, 6.45) is 5.07. The fraction of sp³-hybridized carbons (Fsp3) is 0.353. The van der Waals surface area contributed by atoms with Gasteiger partial charge in [0.15, 0.2) is 0 Å². The van der Waals surface area contributed by atoms with E-state index in [1.807, 2.05) is 33.4 Å². The van der Waals surface area contributed by atoms with Gasteiger partial charge >= 0.3 is 5.69 Å². The smallest absolute Gasteiger partial charge is 0.333 e. The summed E-state index contributed by atoms with van der Waals surface area (Å²) in [5.41, 5.74) is 8.81. The molecule has 0 N–H and O–H groups in total. The Bertz CT molecular complexity index is 1440. The number of hydrogen-bond acceptors (Lipinski definition) is 1.